The van der Waals surface area contributed by atoms with Gasteiger partial charge in [0.2, 0.25) is 0 Å². The zero-order valence-electron chi connectivity index (χ0n) is 12.5. The van der Waals surface area contributed by atoms with E-state index < -0.39 is 0 Å². The van der Waals surface area contributed by atoms with Gasteiger partial charge in [0, 0.05) is 13.0 Å². The minimum Gasteiger partial charge on any atom is -0.461 e. The van der Waals surface area contributed by atoms with Gasteiger partial charge < -0.3 is 9.64 Å². The van der Waals surface area contributed by atoms with Gasteiger partial charge in [0.1, 0.15) is 12.4 Å². The summed E-state index contributed by atoms with van der Waals surface area (Å²) in [6, 6.07) is 7.11. The third-order valence-electron chi connectivity index (χ3n) is 3.21. The van der Waals surface area contributed by atoms with Gasteiger partial charge in [0.25, 0.3) is 0 Å². The van der Waals surface area contributed by atoms with Crippen LogP contribution >= 0.6 is 0 Å². The van der Waals surface area contributed by atoms with Crippen LogP contribution in [0.15, 0.2) is 24.3 Å². The molecule has 0 saturated heterocycles. The Bertz CT molecular complexity index is 453. The van der Waals surface area contributed by atoms with Crippen molar-refractivity contribution in [2.75, 3.05) is 26.2 Å². The molecule has 1 aromatic carbocycles. The number of likely N-dealkylation sites (N-methyl/N-ethyl adjacent to an activating group) is 1. The molecule has 0 aliphatic rings. The van der Waals surface area contributed by atoms with Gasteiger partial charge in [-0.1, -0.05) is 32.0 Å². The SMILES string of the molecule is CCN(CC)CCOC(=O)c1ccccc1CC(C)=O. The predicted octanol–water partition coefficient (Wildman–Crippen LogP) is 2.32. The Morgan fingerprint density at radius 1 is 1.15 bits per heavy atom. The summed E-state index contributed by atoms with van der Waals surface area (Å²) in [5, 5.41) is 0. The minimum absolute atomic E-state index is 0.0355. The predicted molar refractivity (Wildman–Crippen MR) is 78.9 cm³/mol. The largest absolute Gasteiger partial charge is 0.461 e. The number of carbonyl (C=O) groups excluding carboxylic acids is 2. The van der Waals surface area contributed by atoms with Gasteiger partial charge in [0.05, 0.1) is 5.56 Å². The second-order valence-corrected chi connectivity index (χ2v) is 4.70. The average molecular weight is 277 g/mol. The van der Waals surface area contributed by atoms with Gasteiger partial charge in [-0.15, -0.1) is 0 Å². The number of hydrogen-bond acceptors (Lipinski definition) is 4. The van der Waals surface area contributed by atoms with E-state index in [4.69, 9.17) is 4.74 Å². The molecule has 0 amide bonds. The van der Waals surface area contributed by atoms with Crippen LogP contribution in [-0.4, -0.2) is 42.9 Å². The molecule has 0 fully saturated rings. The first-order chi connectivity index (χ1) is 9.58. The van der Waals surface area contributed by atoms with Crippen LogP contribution in [0.5, 0.6) is 0 Å². The summed E-state index contributed by atoms with van der Waals surface area (Å²) in [5.74, 6) is -0.317. The number of nitrogens with zero attached hydrogens (tertiary/aromatic N) is 1. The van der Waals surface area contributed by atoms with Crippen LogP contribution < -0.4 is 0 Å². The van der Waals surface area contributed by atoms with Crippen molar-refractivity contribution in [1.82, 2.24) is 4.90 Å². The molecule has 20 heavy (non-hydrogen) atoms. The average Bonchev–Trinajstić information content (AvgIpc) is 2.43. The Balaban J connectivity index is 2.61. The van der Waals surface area contributed by atoms with Crippen molar-refractivity contribution >= 4 is 11.8 Å². The smallest absolute Gasteiger partial charge is 0.338 e. The molecule has 0 atom stereocenters. The molecule has 0 spiro atoms. The Hall–Kier alpha value is -1.68. The molecule has 0 saturated carbocycles. The van der Waals surface area contributed by atoms with E-state index in [-0.39, 0.29) is 18.2 Å². The number of benzene rings is 1. The van der Waals surface area contributed by atoms with Gasteiger partial charge >= 0.3 is 5.97 Å². The fraction of sp³-hybridized carbons (Fsp3) is 0.500. The highest BCUT2D eigenvalue weighted by Crippen LogP contribution is 2.11. The lowest BCUT2D eigenvalue weighted by atomic mass is 10.0. The molecule has 4 heteroatoms. The van der Waals surface area contributed by atoms with E-state index in [0.29, 0.717) is 12.2 Å². The summed E-state index contributed by atoms with van der Waals surface area (Å²) >= 11 is 0. The first-order valence-corrected chi connectivity index (χ1v) is 7.05. The Kier molecular flexibility index (Phi) is 6.94. The number of rotatable bonds is 8. The lowest BCUT2D eigenvalue weighted by Gasteiger charge is -2.17. The van der Waals surface area contributed by atoms with E-state index in [2.05, 4.69) is 18.7 Å². The van der Waals surface area contributed by atoms with Crippen molar-refractivity contribution in [2.45, 2.75) is 27.2 Å². The highest BCUT2D eigenvalue weighted by Gasteiger charge is 2.13. The molecule has 0 unspecified atom stereocenters. The van der Waals surface area contributed by atoms with Gasteiger partial charge in [-0.3, -0.25) is 4.79 Å². The number of ether oxygens (including phenoxy) is 1. The monoisotopic (exact) mass is 277 g/mol. The first kappa shape index (κ1) is 16.4. The molecule has 1 aromatic rings. The summed E-state index contributed by atoms with van der Waals surface area (Å²) in [6.45, 7) is 8.65. The topological polar surface area (TPSA) is 46.6 Å². The lowest BCUT2D eigenvalue weighted by molar-refractivity contribution is -0.116. The number of ketones is 1. The fourth-order valence-electron chi connectivity index (χ4n) is 2.03. The number of carbonyl (C=O) groups is 2. The van der Waals surface area contributed by atoms with Crippen LogP contribution in [0.2, 0.25) is 0 Å². The lowest BCUT2D eigenvalue weighted by Crippen LogP contribution is -2.28. The normalized spacial score (nSPS) is 10.6. The highest BCUT2D eigenvalue weighted by atomic mass is 16.5. The molecular weight excluding hydrogens is 254 g/mol. The Morgan fingerprint density at radius 3 is 2.40 bits per heavy atom. The van der Waals surface area contributed by atoms with Crippen LogP contribution in [0, 0.1) is 0 Å². The van der Waals surface area contributed by atoms with Crippen LogP contribution in [0.4, 0.5) is 0 Å². The van der Waals surface area contributed by atoms with E-state index in [1.165, 1.54) is 6.92 Å². The van der Waals surface area contributed by atoms with Crippen molar-refractivity contribution in [3.8, 4) is 0 Å². The molecule has 0 radical (unpaired) electrons. The molecule has 1 rings (SSSR count). The maximum Gasteiger partial charge on any atom is 0.338 e. The van der Waals surface area contributed by atoms with Crippen molar-refractivity contribution in [3.63, 3.8) is 0 Å². The molecule has 0 bridgehead atoms. The summed E-state index contributed by atoms with van der Waals surface area (Å²) in [4.78, 5) is 25.5. The van der Waals surface area contributed by atoms with Gasteiger partial charge in [-0.25, -0.2) is 4.79 Å². The molecule has 0 heterocycles. The van der Waals surface area contributed by atoms with Crippen molar-refractivity contribution in [3.05, 3.63) is 35.4 Å². The second-order valence-electron chi connectivity index (χ2n) is 4.70. The number of Topliss-reactive ketones (excluding diaryl/α,β-unsaturated/α-hetero) is 1. The van der Waals surface area contributed by atoms with E-state index in [9.17, 15) is 9.59 Å². The molecule has 110 valence electrons. The van der Waals surface area contributed by atoms with Gasteiger partial charge in [-0.2, -0.15) is 0 Å². The summed E-state index contributed by atoms with van der Waals surface area (Å²) in [5.41, 5.74) is 1.22. The van der Waals surface area contributed by atoms with E-state index >= 15 is 0 Å². The molecular formula is C16H23NO3. The first-order valence-electron chi connectivity index (χ1n) is 7.05. The van der Waals surface area contributed by atoms with Crippen molar-refractivity contribution in [1.29, 1.82) is 0 Å². The van der Waals surface area contributed by atoms with Gasteiger partial charge in [0.15, 0.2) is 0 Å². The summed E-state index contributed by atoms with van der Waals surface area (Å²) in [7, 11) is 0. The molecule has 0 aliphatic carbocycles. The quantitative estimate of drug-likeness (QED) is 0.684. The number of hydrogen-bond donors (Lipinski definition) is 0. The van der Waals surface area contributed by atoms with E-state index in [1.54, 1.807) is 18.2 Å². The van der Waals surface area contributed by atoms with Gasteiger partial charge in [-0.05, 0) is 31.6 Å². The van der Waals surface area contributed by atoms with Crippen LogP contribution in [0.3, 0.4) is 0 Å². The maximum atomic E-state index is 12.1. The van der Waals surface area contributed by atoms with Crippen molar-refractivity contribution < 1.29 is 14.3 Å². The van der Waals surface area contributed by atoms with Crippen LogP contribution in [0.25, 0.3) is 0 Å². The second kappa shape index (κ2) is 8.48. The Labute approximate surface area is 120 Å². The Morgan fingerprint density at radius 2 is 1.80 bits per heavy atom. The maximum absolute atomic E-state index is 12.1. The zero-order chi connectivity index (χ0) is 15.0. The van der Waals surface area contributed by atoms with Crippen LogP contribution in [-0.2, 0) is 16.0 Å². The summed E-state index contributed by atoms with van der Waals surface area (Å²) < 4.78 is 5.29. The molecule has 0 aliphatic heterocycles. The third kappa shape index (κ3) is 5.13. The fourth-order valence-corrected chi connectivity index (χ4v) is 2.03. The zero-order valence-corrected chi connectivity index (χ0v) is 12.5. The minimum atomic E-state index is -0.353. The molecule has 4 nitrogen and oxygen atoms in total. The number of esters is 1. The molecule has 0 N–H and O–H groups in total. The molecule has 0 aromatic heterocycles. The van der Waals surface area contributed by atoms with E-state index in [0.717, 1.165) is 25.2 Å². The van der Waals surface area contributed by atoms with Crippen LogP contribution in [0.1, 0.15) is 36.7 Å². The summed E-state index contributed by atoms with van der Waals surface area (Å²) in [6.07, 6.45) is 0.265. The highest BCUT2D eigenvalue weighted by molar-refractivity contribution is 5.93. The van der Waals surface area contributed by atoms with E-state index in [1.807, 2.05) is 6.07 Å². The standard InChI is InChI=1S/C16H23NO3/c1-4-17(5-2)10-11-20-16(19)15-9-7-6-8-14(15)12-13(3)18/h6-9H,4-5,10-12H2,1-3H3. The third-order valence-corrected chi connectivity index (χ3v) is 3.21. The van der Waals surface area contributed by atoms with Crippen molar-refractivity contribution in [2.24, 2.45) is 0 Å².